The molecule has 5 aromatic rings. The van der Waals surface area contributed by atoms with Crippen molar-refractivity contribution in [3.05, 3.63) is 97.4 Å². The van der Waals surface area contributed by atoms with Gasteiger partial charge in [0.1, 0.15) is 0 Å². The first-order chi connectivity index (χ1) is 17.8. The van der Waals surface area contributed by atoms with E-state index < -0.39 is 10.0 Å². The molecule has 0 aliphatic carbocycles. The van der Waals surface area contributed by atoms with E-state index in [4.69, 9.17) is 9.15 Å². The number of benzene rings is 2. The first-order valence-corrected chi connectivity index (χ1v) is 12.7. The van der Waals surface area contributed by atoms with Crippen LogP contribution < -0.4 is 14.8 Å². The number of ether oxygens (including phenoxy) is 1. The van der Waals surface area contributed by atoms with Crippen LogP contribution in [0.1, 0.15) is 11.6 Å². The van der Waals surface area contributed by atoms with Crippen molar-refractivity contribution in [3.8, 4) is 17.2 Å². The lowest BCUT2D eigenvalue weighted by Crippen LogP contribution is -2.15. The summed E-state index contributed by atoms with van der Waals surface area (Å²) < 4.78 is 40.6. The molecule has 186 valence electrons. The van der Waals surface area contributed by atoms with Crippen molar-refractivity contribution in [2.75, 3.05) is 17.1 Å². The van der Waals surface area contributed by atoms with Crippen LogP contribution in [0.15, 0.2) is 95.1 Å². The zero-order chi connectivity index (χ0) is 26.0. The summed E-state index contributed by atoms with van der Waals surface area (Å²) >= 11 is 0. The lowest BCUT2D eigenvalue weighted by molar-refractivity contribution is 0.385. The van der Waals surface area contributed by atoms with Gasteiger partial charge in [-0.2, -0.15) is 0 Å². The summed E-state index contributed by atoms with van der Waals surface area (Å²) in [7, 11) is -2.72. The molecule has 0 fully saturated rings. The normalized spacial score (nSPS) is 11.3. The number of nitrogens with zero attached hydrogens (tertiary/aromatic N) is 3. The monoisotopic (exact) mass is 513 g/mol. The highest BCUT2D eigenvalue weighted by atomic mass is 32.2. The molecule has 0 bridgehead atoms. The first-order valence-electron chi connectivity index (χ1n) is 11.2. The van der Waals surface area contributed by atoms with Crippen LogP contribution in [-0.4, -0.2) is 30.5 Å². The minimum atomic E-state index is -4.08. The van der Waals surface area contributed by atoms with Crippen LogP contribution >= 0.6 is 0 Å². The molecule has 2 N–H and O–H groups in total. The van der Waals surface area contributed by atoms with Gasteiger partial charge in [0.15, 0.2) is 10.7 Å². The van der Waals surface area contributed by atoms with E-state index in [0.717, 1.165) is 22.0 Å². The number of aryl methyl sites for hydroxylation is 1. The molecular formula is C27H23N5O4S. The minimum absolute atomic E-state index is 0.0516. The molecule has 10 heteroatoms. The van der Waals surface area contributed by atoms with E-state index in [1.807, 2.05) is 49.4 Å². The fourth-order valence-corrected chi connectivity index (χ4v) is 5.01. The number of oxazole rings is 1. The molecule has 0 saturated carbocycles. The van der Waals surface area contributed by atoms with E-state index in [9.17, 15) is 8.42 Å². The van der Waals surface area contributed by atoms with Crippen molar-refractivity contribution in [2.24, 2.45) is 0 Å². The van der Waals surface area contributed by atoms with Crippen LogP contribution in [0.5, 0.6) is 5.88 Å². The number of rotatable bonds is 8. The predicted molar refractivity (Wildman–Crippen MR) is 143 cm³/mol. The maximum absolute atomic E-state index is 13.5. The number of pyridine rings is 2. The Kier molecular flexibility index (Phi) is 6.33. The second-order valence-electron chi connectivity index (χ2n) is 8.19. The van der Waals surface area contributed by atoms with Gasteiger partial charge in [0.05, 0.1) is 36.6 Å². The van der Waals surface area contributed by atoms with Gasteiger partial charge in [-0.1, -0.05) is 49.0 Å². The van der Waals surface area contributed by atoms with Crippen LogP contribution in [-0.2, 0) is 10.0 Å². The molecule has 3 heterocycles. The highest BCUT2D eigenvalue weighted by Crippen LogP contribution is 2.31. The highest BCUT2D eigenvalue weighted by Gasteiger charge is 2.23. The standard InChI is InChI=1S/C27H23N5O4S/c1-17-12-22-20(14-28-17)10-7-11-23(22)32-37(33,34)25-13-21(15-29-27(25)35-3)31-18(2)26-30-16-24(36-26)19-8-5-4-6-9-19/h4-16,31-32H,2H2,1,3H3. The fraction of sp³-hybridized carbons (Fsp3) is 0.0741. The number of nitrogens with one attached hydrogen (secondary N) is 2. The van der Waals surface area contributed by atoms with Gasteiger partial charge in [-0.15, -0.1) is 0 Å². The SMILES string of the molecule is C=C(Nc1cnc(OC)c(S(=O)(=O)Nc2cccc3cnc(C)cc23)c1)c1ncc(-c2ccccc2)o1. The van der Waals surface area contributed by atoms with Gasteiger partial charge < -0.3 is 14.5 Å². The molecule has 0 radical (unpaired) electrons. The molecule has 0 spiro atoms. The predicted octanol–water partition coefficient (Wildman–Crippen LogP) is 5.49. The fourth-order valence-electron chi connectivity index (χ4n) is 3.79. The zero-order valence-corrected chi connectivity index (χ0v) is 20.9. The van der Waals surface area contributed by atoms with E-state index in [2.05, 4.69) is 31.6 Å². The van der Waals surface area contributed by atoms with E-state index in [-0.39, 0.29) is 16.7 Å². The van der Waals surface area contributed by atoms with Gasteiger partial charge in [0.2, 0.25) is 11.8 Å². The first kappa shape index (κ1) is 24.0. The van der Waals surface area contributed by atoms with Crippen LogP contribution in [0.4, 0.5) is 11.4 Å². The Labute approximate surface area is 213 Å². The van der Waals surface area contributed by atoms with Crippen LogP contribution in [0, 0.1) is 6.92 Å². The van der Waals surface area contributed by atoms with Crippen molar-refractivity contribution in [3.63, 3.8) is 0 Å². The van der Waals surface area contributed by atoms with Crippen LogP contribution in [0.3, 0.4) is 0 Å². The Bertz CT molecular complexity index is 1720. The number of fused-ring (bicyclic) bond motifs is 1. The Morgan fingerprint density at radius 3 is 2.57 bits per heavy atom. The molecular weight excluding hydrogens is 490 g/mol. The van der Waals surface area contributed by atoms with Gasteiger partial charge >= 0.3 is 0 Å². The van der Waals surface area contributed by atoms with Crippen molar-refractivity contribution in [2.45, 2.75) is 11.8 Å². The van der Waals surface area contributed by atoms with E-state index in [1.165, 1.54) is 19.4 Å². The Balaban J connectivity index is 1.43. The quantitative estimate of drug-likeness (QED) is 0.280. The second-order valence-corrected chi connectivity index (χ2v) is 9.84. The Morgan fingerprint density at radius 1 is 0.973 bits per heavy atom. The number of hydrogen-bond donors (Lipinski definition) is 2. The summed E-state index contributed by atoms with van der Waals surface area (Å²) in [6.07, 6.45) is 4.74. The molecule has 5 rings (SSSR count). The molecule has 2 aromatic carbocycles. The molecule has 0 atom stereocenters. The topological polar surface area (TPSA) is 119 Å². The molecule has 0 saturated heterocycles. The van der Waals surface area contributed by atoms with Gasteiger partial charge in [0, 0.05) is 28.2 Å². The molecule has 37 heavy (non-hydrogen) atoms. The minimum Gasteiger partial charge on any atom is -0.480 e. The summed E-state index contributed by atoms with van der Waals surface area (Å²) in [6, 6.07) is 18.1. The summed E-state index contributed by atoms with van der Waals surface area (Å²) in [5, 5.41) is 4.56. The number of aromatic nitrogens is 3. The van der Waals surface area contributed by atoms with Gasteiger partial charge in [-0.05, 0) is 25.1 Å². The Hall–Kier alpha value is -4.70. The van der Waals surface area contributed by atoms with Gasteiger partial charge in [-0.3, -0.25) is 9.71 Å². The van der Waals surface area contributed by atoms with E-state index in [1.54, 1.807) is 24.5 Å². The van der Waals surface area contributed by atoms with Crippen molar-refractivity contribution in [1.82, 2.24) is 15.0 Å². The summed E-state index contributed by atoms with van der Waals surface area (Å²) in [6.45, 7) is 5.82. The zero-order valence-electron chi connectivity index (χ0n) is 20.1. The van der Waals surface area contributed by atoms with Gasteiger partial charge in [0.25, 0.3) is 10.0 Å². The number of anilines is 2. The third kappa shape index (κ3) is 5.00. The molecule has 0 aliphatic heterocycles. The maximum atomic E-state index is 13.5. The average molecular weight is 514 g/mol. The van der Waals surface area contributed by atoms with Crippen molar-refractivity contribution < 1.29 is 17.6 Å². The molecule has 0 aliphatic rings. The largest absolute Gasteiger partial charge is 0.480 e. The van der Waals surface area contributed by atoms with E-state index >= 15 is 0 Å². The van der Waals surface area contributed by atoms with Crippen molar-refractivity contribution in [1.29, 1.82) is 0 Å². The number of hydrogen-bond acceptors (Lipinski definition) is 8. The summed E-state index contributed by atoms with van der Waals surface area (Å²) in [4.78, 5) is 12.6. The third-order valence-electron chi connectivity index (χ3n) is 5.56. The molecule has 0 unspecified atom stereocenters. The number of sulfonamides is 1. The van der Waals surface area contributed by atoms with E-state index in [0.29, 0.717) is 22.8 Å². The van der Waals surface area contributed by atoms with Crippen molar-refractivity contribution >= 4 is 37.9 Å². The Morgan fingerprint density at radius 2 is 1.78 bits per heavy atom. The summed E-state index contributed by atoms with van der Waals surface area (Å²) in [5.74, 6) is 0.792. The number of methoxy groups -OCH3 is 1. The molecule has 0 amide bonds. The van der Waals surface area contributed by atoms with Crippen LogP contribution in [0.2, 0.25) is 0 Å². The average Bonchev–Trinajstić information content (AvgIpc) is 3.40. The maximum Gasteiger partial charge on any atom is 0.267 e. The van der Waals surface area contributed by atoms with Gasteiger partial charge in [-0.25, -0.2) is 18.4 Å². The second kappa shape index (κ2) is 9.75. The highest BCUT2D eigenvalue weighted by molar-refractivity contribution is 7.92. The third-order valence-corrected chi connectivity index (χ3v) is 6.92. The molecule has 3 aromatic heterocycles. The lowest BCUT2D eigenvalue weighted by atomic mass is 10.1. The lowest BCUT2D eigenvalue weighted by Gasteiger charge is -2.14. The van der Waals surface area contributed by atoms with Crippen LogP contribution in [0.25, 0.3) is 27.8 Å². The molecule has 9 nitrogen and oxygen atoms in total. The smallest absolute Gasteiger partial charge is 0.267 e. The summed E-state index contributed by atoms with van der Waals surface area (Å²) in [5.41, 5.74) is 2.76.